The van der Waals surface area contributed by atoms with E-state index in [2.05, 4.69) is 25.8 Å². The van der Waals surface area contributed by atoms with Crippen LogP contribution in [-0.4, -0.2) is 0 Å². The summed E-state index contributed by atoms with van der Waals surface area (Å²) in [5, 5.41) is 0. The van der Waals surface area contributed by atoms with Crippen molar-refractivity contribution in [2.75, 3.05) is 0 Å². The Morgan fingerprint density at radius 3 is 1.80 bits per heavy atom. The summed E-state index contributed by atoms with van der Waals surface area (Å²) in [4.78, 5) is 0.784. The lowest BCUT2D eigenvalue weighted by atomic mass is 10.4. The fraction of sp³-hybridized carbons (Fsp3) is 0. The average Bonchev–Trinajstić information content (AvgIpc) is 2.00. The first kappa shape index (κ1) is 9.24. The molecule has 0 amide bonds. The number of hydrogen-bond acceptors (Lipinski definition) is 1. The summed E-state index contributed by atoms with van der Waals surface area (Å²) in [6, 6.07) is 5.97. The number of hydrogen-bond donors (Lipinski definition) is 1. The van der Waals surface area contributed by atoms with Gasteiger partial charge in [-0.15, -0.1) is 25.8 Å². The van der Waals surface area contributed by atoms with Gasteiger partial charge in [-0.05, 0) is 24.3 Å². The Labute approximate surface area is 65.8 Å². The fourth-order valence-corrected chi connectivity index (χ4v) is 0.590. The first-order valence-electron chi connectivity index (χ1n) is 2.73. The molecule has 1 rings (SSSR count). The Balaban J connectivity index is 0.000000371. The second kappa shape index (κ2) is 5.06. The van der Waals surface area contributed by atoms with E-state index in [4.69, 9.17) is 0 Å². The van der Waals surface area contributed by atoms with Gasteiger partial charge in [0.15, 0.2) is 0 Å². The molecule has 1 aromatic rings. The third-order valence-corrected chi connectivity index (χ3v) is 1.12. The van der Waals surface area contributed by atoms with Gasteiger partial charge in [0, 0.05) is 4.90 Å². The topological polar surface area (TPSA) is 0 Å². The standard InChI is InChI=1S/C6H5FS.C2H4/c7-5-1-3-6(8)4-2-5;1-2/h1-4,8H;1-2H2. The number of halogens is 1. The van der Waals surface area contributed by atoms with Crippen LogP contribution in [-0.2, 0) is 0 Å². The molecule has 0 radical (unpaired) electrons. The van der Waals surface area contributed by atoms with Crippen LogP contribution in [0.15, 0.2) is 42.3 Å². The maximum absolute atomic E-state index is 12.1. The monoisotopic (exact) mass is 156 g/mol. The lowest BCUT2D eigenvalue weighted by Crippen LogP contribution is -1.68. The highest BCUT2D eigenvalue weighted by atomic mass is 32.1. The van der Waals surface area contributed by atoms with Gasteiger partial charge in [-0.1, -0.05) is 0 Å². The highest BCUT2D eigenvalue weighted by Gasteiger charge is 1.84. The van der Waals surface area contributed by atoms with Crippen LogP contribution in [0.1, 0.15) is 0 Å². The highest BCUT2D eigenvalue weighted by molar-refractivity contribution is 7.80. The van der Waals surface area contributed by atoms with E-state index in [-0.39, 0.29) is 5.82 Å². The normalized spacial score (nSPS) is 7.80. The van der Waals surface area contributed by atoms with Crippen LogP contribution in [0.2, 0.25) is 0 Å². The molecular formula is C8H9FS. The van der Waals surface area contributed by atoms with Gasteiger partial charge in [-0.2, -0.15) is 0 Å². The van der Waals surface area contributed by atoms with Crippen molar-refractivity contribution in [1.82, 2.24) is 0 Å². The van der Waals surface area contributed by atoms with E-state index in [1.54, 1.807) is 12.1 Å². The summed E-state index contributed by atoms with van der Waals surface area (Å²) in [5.41, 5.74) is 0. The molecule has 2 heteroatoms. The largest absolute Gasteiger partial charge is 0.207 e. The Kier molecular flexibility index (Phi) is 4.67. The maximum atomic E-state index is 12.1. The molecule has 1 aromatic carbocycles. The van der Waals surface area contributed by atoms with Crippen LogP contribution in [0.25, 0.3) is 0 Å². The molecule has 54 valence electrons. The predicted octanol–water partition coefficient (Wildman–Crippen LogP) is 2.92. The number of rotatable bonds is 0. The van der Waals surface area contributed by atoms with Crippen LogP contribution >= 0.6 is 12.6 Å². The zero-order valence-corrected chi connectivity index (χ0v) is 6.44. The van der Waals surface area contributed by atoms with Crippen molar-refractivity contribution in [2.24, 2.45) is 0 Å². The van der Waals surface area contributed by atoms with E-state index < -0.39 is 0 Å². The summed E-state index contributed by atoms with van der Waals surface area (Å²) in [6.45, 7) is 6.00. The van der Waals surface area contributed by atoms with E-state index in [1.165, 1.54) is 12.1 Å². The Morgan fingerprint density at radius 2 is 1.50 bits per heavy atom. The minimum atomic E-state index is -0.220. The van der Waals surface area contributed by atoms with Gasteiger partial charge >= 0.3 is 0 Å². The third kappa shape index (κ3) is 3.30. The van der Waals surface area contributed by atoms with Crippen molar-refractivity contribution in [1.29, 1.82) is 0 Å². The average molecular weight is 156 g/mol. The van der Waals surface area contributed by atoms with Crippen molar-refractivity contribution in [2.45, 2.75) is 4.90 Å². The van der Waals surface area contributed by atoms with Crippen molar-refractivity contribution in [3.8, 4) is 0 Å². The van der Waals surface area contributed by atoms with Gasteiger partial charge in [-0.3, -0.25) is 0 Å². The Bertz CT molecular complexity index is 160. The second-order valence-corrected chi connectivity index (χ2v) is 1.99. The summed E-state index contributed by atoms with van der Waals surface area (Å²) in [7, 11) is 0. The summed E-state index contributed by atoms with van der Waals surface area (Å²) < 4.78 is 12.1. The lowest BCUT2D eigenvalue weighted by Gasteiger charge is -1.86. The minimum absolute atomic E-state index is 0.220. The van der Waals surface area contributed by atoms with Crippen molar-refractivity contribution < 1.29 is 4.39 Å². The number of benzene rings is 1. The van der Waals surface area contributed by atoms with E-state index >= 15 is 0 Å². The van der Waals surface area contributed by atoms with Crippen LogP contribution in [0.4, 0.5) is 4.39 Å². The molecule has 0 N–H and O–H groups in total. The van der Waals surface area contributed by atoms with E-state index in [9.17, 15) is 4.39 Å². The molecule has 10 heavy (non-hydrogen) atoms. The maximum Gasteiger partial charge on any atom is 0.123 e. The van der Waals surface area contributed by atoms with Crippen molar-refractivity contribution in [3.63, 3.8) is 0 Å². The summed E-state index contributed by atoms with van der Waals surface area (Å²) in [6.07, 6.45) is 0. The third-order valence-electron chi connectivity index (χ3n) is 0.827. The van der Waals surface area contributed by atoms with Crippen LogP contribution in [0.5, 0.6) is 0 Å². The molecule has 0 saturated carbocycles. The van der Waals surface area contributed by atoms with Gasteiger partial charge < -0.3 is 0 Å². The molecule has 0 aliphatic rings. The molecule has 0 heterocycles. The quantitative estimate of drug-likeness (QED) is 0.433. The molecule has 0 aliphatic carbocycles. The summed E-state index contributed by atoms with van der Waals surface area (Å²) >= 11 is 3.97. The molecular weight excluding hydrogens is 147 g/mol. The zero-order valence-electron chi connectivity index (χ0n) is 5.55. The SMILES string of the molecule is C=C.Fc1ccc(S)cc1. The first-order valence-corrected chi connectivity index (χ1v) is 3.18. The van der Waals surface area contributed by atoms with Gasteiger partial charge in [-0.25, -0.2) is 4.39 Å². The van der Waals surface area contributed by atoms with E-state index in [0.717, 1.165) is 4.90 Å². The van der Waals surface area contributed by atoms with Gasteiger partial charge in [0.25, 0.3) is 0 Å². The van der Waals surface area contributed by atoms with Gasteiger partial charge in [0.2, 0.25) is 0 Å². The predicted molar refractivity (Wildman–Crippen MR) is 44.9 cm³/mol. The van der Waals surface area contributed by atoms with Gasteiger partial charge in [0.1, 0.15) is 5.82 Å². The molecule has 0 atom stereocenters. The van der Waals surface area contributed by atoms with E-state index in [0.29, 0.717) is 0 Å². The molecule has 0 aliphatic heterocycles. The summed E-state index contributed by atoms with van der Waals surface area (Å²) in [5.74, 6) is -0.220. The molecule has 0 bridgehead atoms. The van der Waals surface area contributed by atoms with Crippen LogP contribution in [0.3, 0.4) is 0 Å². The van der Waals surface area contributed by atoms with E-state index in [1.807, 2.05) is 0 Å². The molecule has 0 nitrogen and oxygen atoms in total. The molecule has 0 spiro atoms. The fourth-order valence-electron chi connectivity index (χ4n) is 0.441. The van der Waals surface area contributed by atoms with Crippen LogP contribution < -0.4 is 0 Å². The second-order valence-electron chi connectivity index (χ2n) is 1.48. The lowest BCUT2D eigenvalue weighted by molar-refractivity contribution is 0.626. The number of thiol groups is 1. The molecule has 0 aromatic heterocycles. The smallest absolute Gasteiger partial charge is 0.123 e. The van der Waals surface area contributed by atoms with Crippen molar-refractivity contribution in [3.05, 3.63) is 43.2 Å². The first-order chi connectivity index (χ1) is 4.79. The van der Waals surface area contributed by atoms with Gasteiger partial charge in [0.05, 0.1) is 0 Å². The molecule has 0 unspecified atom stereocenters. The van der Waals surface area contributed by atoms with Crippen molar-refractivity contribution >= 4 is 12.6 Å². The Hall–Kier alpha value is -0.760. The highest BCUT2D eigenvalue weighted by Crippen LogP contribution is 2.04. The molecule has 0 saturated heterocycles. The Morgan fingerprint density at radius 1 is 1.10 bits per heavy atom. The zero-order chi connectivity index (χ0) is 7.98. The van der Waals surface area contributed by atoms with Crippen LogP contribution in [0, 0.1) is 5.82 Å². The molecule has 0 fully saturated rings. The minimum Gasteiger partial charge on any atom is -0.207 e.